The normalized spacial score (nSPS) is 54.3. The van der Waals surface area contributed by atoms with E-state index in [1.807, 2.05) is 0 Å². The van der Waals surface area contributed by atoms with Crippen LogP contribution in [-0.2, 0) is 0 Å². The molecule has 3 aliphatic rings. The molecular formula is C12H18. The molecule has 0 radical (unpaired) electrons. The molecule has 0 saturated heterocycles. The Labute approximate surface area is 75.0 Å². The molecule has 0 spiro atoms. The van der Waals surface area contributed by atoms with Gasteiger partial charge in [0.2, 0.25) is 0 Å². The number of allylic oxidation sites excluding steroid dienone is 1. The molecule has 0 bridgehead atoms. The van der Waals surface area contributed by atoms with E-state index in [-0.39, 0.29) is 0 Å². The predicted octanol–water partition coefficient (Wildman–Crippen LogP) is 3.10. The summed E-state index contributed by atoms with van der Waals surface area (Å²) in [5.41, 5.74) is 0.412. The Morgan fingerprint density at radius 3 is 2.00 bits per heavy atom. The molecule has 4 atom stereocenters. The SMILES string of the molecule is C=CC(C)(C)C1C2CC2C2CC21. The summed E-state index contributed by atoms with van der Waals surface area (Å²) < 4.78 is 0. The average molecular weight is 162 g/mol. The second kappa shape index (κ2) is 1.81. The lowest BCUT2D eigenvalue weighted by Crippen LogP contribution is -2.24. The van der Waals surface area contributed by atoms with E-state index < -0.39 is 0 Å². The Balaban J connectivity index is 1.88. The largest absolute Gasteiger partial charge is 0.103 e. The highest BCUT2D eigenvalue weighted by Crippen LogP contribution is 2.75. The van der Waals surface area contributed by atoms with Crippen LogP contribution in [0, 0.1) is 35.0 Å². The third-order valence-electron chi connectivity index (χ3n) is 4.64. The summed E-state index contributed by atoms with van der Waals surface area (Å²) in [6.07, 6.45) is 5.28. The lowest BCUT2D eigenvalue weighted by molar-refractivity contribution is 0.230. The van der Waals surface area contributed by atoms with Gasteiger partial charge in [-0.15, -0.1) is 6.58 Å². The summed E-state index contributed by atoms with van der Waals surface area (Å²) in [6.45, 7) is 8.73. The van der Waals surface area contributed by atoms with Gasteiger partial charge in [-0.25, -0.2) is 0 Å². The smallest absolute Gasteiger partial charge is 0.0144 e. The van der Waals surface area contributed by atoms with Crippen molar-refractivity contribution in [3.05, 3.63) is 12.7 Å². The van der Waals surface area contributed by atoms with Crippen molar-refractivity contribution >= 4 is 0 Å². The minimum Gasteiger partial charge on any atom is -0.103 e. The zero-order chi connectivity index (χ0) is 8.51. The Morgan fingerprint density at radius 1 is 1.08 bits per heavy atom. The highest BCUT2D eigenvalue weighted by molar-refractivity contribution is 5.19. The molecule has 3 aliphatic carbocycles. The van der Waals surface area contributed by atoms with E-state index in [4.69, 9.17) is 0 Å². The van der Waals surface area contributed by atoms with Crippen LogP contribution >= 0.6 is 0 Å². The van der Waals surface area contributed by atoms with Gasteiger partial charge in [-0.2, -0.15) is 0 Å². The fourth-order valence-corrected chi connectivity index (χ4v) is 3.84. The van der Waals surface area contributed by atoms with E-state index >= 15 is 0 Å². The zero-order valence-electron chi connectivity index (χ0n) is 8.09. The van der Waals surface area contributed by atoms with Crippen molar-refractivity contribution < 1.29 is 0 Å². The Kier molecular flexibility index (Phi) is 1.08. The lowest BCUT2D eigenvalue weighted by Gasteiger charge is -2.30. The van der Waals surface area contributed by atoms with Crippen LogP contribution in [0.1, 0.15) is 26.7 Å². The minimum absolute atomic E-state index is 0.412. The third kappa shape index (κ3) is 0.694. The monoisotopic (exact) mass is 162 g/mol. The van der Waals surface area contributed by atoms with Crippen LogP contribution < -0.4 is 0 Å². The van der Waals surface area contributed by atoms with E-state index in [1.54, 1.807) is 12.8 Å². The van der Waals surface area contributed by atoms with E-state index in [1.165, 1.54) is 0 Å². The van der Waals surface area contributed by atoms with E-state index in [0.29, 0.717) is 5.41 Å². The van der Waals surface area contributed by atoms with Crippen LogP contribution in [0.15, 0.2) is 12.7 Å². The van der Waals surface area contributed by atoms with Crippen molar-refractivity contribution in [1.82, 2.24) is 0 Å². The maximum Gasteiger partial charge on any atom is -0.0144 e. The van der Waals surface area contributed by atoms with Crippen molar-refractivity contribution in [3.63, 3.8) is 0 Å². The maximum atomic E-state index is 3.98. The summed E-state index contributed by atoms with van der Waals surface area (Å²) in [6, 6.07) is 0. The predicted molar refractivity (Wildman–Crippen MR) is 50.7 cm³/mol. The summed E-state index contributed by atoms with van der Waals surface area (Å²) >= 11 is 0. The summed E-state index contributed by atoms with van der Waals surface area (Å²) in [4.78, 5) is 0. The van der Waals surface area contributed by atoms with Gasteiger partial charge in [0.15, 0.2) is 0 Å². The Hall–Kier alpha value is -0.260. The standard InChI is InChI=1S/C12H18/c1-4-12(2,3)11-9-5-7(9)8-6-10(8)11/h4,7-11H,1,5-6H2,2-3H3. The summed E-state index contributed by atoms with van der Waals surface area (Å²) in [5.74, 6) is 5.49. The van der Waals surface area contributed by atoms with Gasteiger partial charge in [-0.05, 0) is 47.8 Å². The first kappa shape index (κ1) is 7.17. The summed E-state index contributed by atoms with van der Waals surface area (Å²) in [7, 11) is 0. The molecule has 3 rings (SSSR count). The first-order valence-corrected chi connectivity index (χ1v) is 5.29. The molecule has 0 N–H and O–H groups in total. The van der Waals surface area contributed by atoms with Crippen molar-refractivity contribution in [2.75, 3.05) is 0 Å². The molecule has 3 saturated carbocycles. The van der Waals surface area contributed by atoms with Gasteiger partial charge in [0, 0.05) is 0 Å². The van der Waals surface area contributed by atoms with E-state index in [9.17, 15) is 0 Å². The molecular weight excluding hydrogens is 144 g/mol. The first-order valence-electron chi connectivity index (χ1n) is 5.29. The van der Waals surface area contributed by atoms with Crippen LogP contribution in [0.25, 0.3) is 0 Å². The molecule has 0 amide bonds. The number of hydrogen-bond acceptors (Lipinski definition) is 0. The van der Waals surface area contributed by atoms with Crippen molar-refractivity contribution in [3.8, 4) is 0 Å². The molecule has 0 aromatic rings. The van der Waals surface area contributed by atoms with Gasteiger partial charge in [-0.1, -0.05) is 19.9 Å². The summed E-state index contributed by atoms with van der Waals surface area (Å²) in [5, 5.41) is 0. The van der Waals surface area contributed by atoms with Crippen molar-refractivity contribution in [2.45, 2.75) is 26.7 Å². The topological polar surface area (TPSA) is 0 Å². The van der Waals surface area contributed by atoms with Gasteiger partial charge < -0.3 is 0 Å². The molecule has 3 fully saturated rings. The quantitative estimate of drug-likeness (QED) is 0.547. The second-order valence-electron chi connectivity index (χ2n) is 5.68. The van der Waals surface area contributed by atoms with Gasteiger partial charge in [0.05, 0.1) is 0 Å². The zero-order valence-corrected chi connectivity index (χ0v) is 8.09. The average Bonchev–Trinajstić information content (AvgIpc) is 2.87. The van der Waals surface area contributed by atoms with E-state index in [2.05, 4.69) is 26.5 Å². The maximum absolute atomic E-state index is 3.98. The molecule has 12 heavy (non-hydrogen) atoms. The number of hydrogen-bond donors (Lipinski definition) is 0. The highest BCUT2D eigenvalue weighted by atomic mass is 14.7. The molecule has 66 valence electrons. The number of rotatable bonds is 2. The molecule has 4 unspecified atom stereocenters. The molecule has 0 nitrogen and oxygen atoms in total. The Bertz CT molecular complexity index is 222. The lowest BCUT2D eigenvalue weighted by atomic mass is 9.74. The van der Waals surface area contributed by atoms with Crippen LogP contribution in [0.4, 0.5) is 0 Å². The van der Waals surface area contributed by atoms with E-state index in [0.717, 1.165) is 29.6 Å². The molecule has 0 aliphatic heterocycles. The van der Waals surface area contributed by atoms with Crippen LogP contribution in [0.3, 0.4) is 0 Å². The molecule has 0 heteroatoms. The van der Waals surface area contributed by atoms with Crippen molar-refractivity contribution in [1.29, 1.82) is 0 Å². The van der Waals surface area contributed by atoms with Crippen LogP contribution in [0.5, 0.6) is 0 Å². The number of fused-ring (bicyclic) bond motifs is 3. The van der Waals surface area contributed by atoms with Gasteiger partial charge in [0.25, 0.3) is 0 Å². The fraction of sp³-hybridized carbons (Fsp3) is 0.833. The highest BCUT2D eigenvalue weighted by Gasteiger charge is 2.69. The van der Waals surface area contributed by atoms with Gasteiger partial charge in [-0.3, -0.25) is 0 Å². The van der Waals surface area contributed by atoms with Crippen molar-refractivity contribution in [2.24, 2.45) is 35.0 Å². The third-order valence-corrected chi connectivity index (χ3v) is 4.64. The molecule has 0 aromatic heterocycles. The first-order chi connectivity index (χ1) is 5.65. The van der Waals surface area contributed by atoms with Gasteiger partial charge >= 0.3 is 0 Å². The fourth-order valence-electron chi connectivity index (χ4n) is 3.84. The minimum atomic E-state index is 0.412. The second-order valence-corrected chi connectivity index (χ2v) is 5.68. The van der Waals surface area contributed by atoms with Gasteiger partial charge in [0.1, 0.15) is 0 Å². The Morgan fingerprint density at radius 2 is 1.58 bits per heavy atom. The van der Waals surface area contributed by atoms with Crippen LogP contribution in [0.2, 0.25) is 0 Å². The molecule has 0 heterocycles. The van der Waals surface area contributed by atoms with Crippen LogP contribution in [-0.4, -0.2) is 0 Å². The molecule has 0 aromatic carbocycles.